The number of nitrogens with zero attached hydrogens (tertiary/aromatic N) is 2. The Hall–Kier alpha value is -0.830. The molecule has 106 valence electrons. The van der Waals surface area contributed by atoms with Crippen molar-refractivity contribution in [3.05, 3.63) is 18.2 Å². The highest BCUT2D eigenvalue weighted by molar-refractivity contribution is 5.17. The molecule has 2 heterocycles. The zero-order valence-corrected chi connectivity index (χ0v) is 12.6. The minimum absolute atomic E-state index is 0.306. The Morgan fingerprint density at radius 2 is 1.95 bits per heavy atom. The van der Waals surface area contributed by atoms with E-state index in [1.807, 2.05) is 0 Å². The van der Waals surface area contributed by atoms with Gasteiger partial charge in [-0.2, -0.15) is 0 Å². The lowest BCUT2D eigenvalue weighted by Crippen LogP contribution is -2.40. The van der Waals surface area contributed by atoms with Gasteiger partial charge in [0, 0.05) is 23.3 Å². The molecular formula is C16H27N3. The average molecular weight is 261 g/mol. The van der Waals surface area contributed by atoms with Crippen LogP contribution in [0.15, 0.2) is 12.5 Å². The molecule has 2 fully saturated rings. The van der Waals surface area contributed by atoms with Crippen LogP contribution in [0.5, 0.6) is 0 Å². The van der Waals surface area contributed by atoms with Crippen molar-refractivity contribution in [2.24, 2.45) is 5.41 Å². The van der Waals surface area contributed by atoms with Crippen LogP contribution in [0.3, 0.4) is 0 Å². The third-order valence-electron chi connectivity index (χ3n) is 5.53. The van der Waals surface area contributed by atoms with Crippen LogP contribution in [-0.4, -0.2) is 22.6 Å². The molecule has 0 aromatic carbocycles. The van der Waals surface area contributed by atoms with E-state index in [2.05, 4.69) is 48.2 Å². The van der Waals surface area contributed by atoms with Gasteiger partial charge in [0.2, 0.25) is 0 Å². The third kappa shape index (κ3) is 2.22. The van der Waals surface area contributed by atoms with Crippen LogP contribution in [0.25, 0.3) is 0 Å². The molecule has 2 aliphatic rings. The minimum Gasteiger partial charge on any atom is -0.330 e. The molecule has 1 aromatic rings. The highest BCUT2D eigenvalue weighted by Gasteiger charge is 2.39. The largest absolute Gasteiger partial charge is 0.330 e. The van der Waals surface area contributed by atoms with Gasteiger partial charge in [0.05, 0.1) is 6.33 Å². The Kier molecular flexibility index (Phi) is 3.20. The topological polar surface area (TPSA) is 29.9 Å². The summed E-state index contributed by atoms with van der Waals surface area (Å²) in [4.78, 5) is 4.50. The Morgan fingerprint density at radius 1 is 1.21 bits per heavy atom. The number of piperidine rings is 1. The van der Waals surface area contributed by atoms with Crippen LogP contribution in [0.2, 0.25) is 0 Å². The molecule has 1 aromatic heterocycles. The van der Waals surface area contributed by atoms with Crippen LogP contribution < -0.4 is 5.32 Å². The second-order valence-electron chi connectivity index (χ2n) is 7.39. The first-order chi connectivity index (χ1) is 9.03. The number of hydrogen-bond acceptors (Lipinski definition) is 2. The summed E-state index contributed by atoms with van der Waals surface area (Å²) in [5.41, 5.74) is 2.19. The third-order valence-corrected chi connectivity index (χ3v) is 5.53. The first-order valence-electron chi connectivity index (χ1n) is 7.76. The maximum Gasteiger partial charge on any atom is 0.0951 e. The van der Waals surface area contributed by atoms with Crippen molar-refractivity contribution in [2.75, 3.05) is 13.1 Å². The molecule has 19 heavy (non-hydrogen) atoms. The summed E-state index contributed by atoms with van der Waals surface area (Å²) in [5, 5.41) is 3.48. The minimum atomic E-state index is 0.306. The standard InChI is InChI=1S/C16H27N3/c1-15(2)6-4-5-13(15)19-12-18-11-14(19)16(3)7-9-17-10-8-16/h11-13,17H,4-10H2,1-3H3. The van der Waals surface area contributed by atoms with Crippen molar-refractivity contribution < 1.29 is 0 Å². The lowest BCUT2D eigenvalue weighted by atomic mass is 9.77. The normalized spacial score (nSPS) is 29.5. The number of rotatable bonds is 2. The summed E-state index contributed by atoms with van der Waals surface area (Å²) < 4.78 is 2.51. The van der Waals surface area contributed by atoms with Gasteiger partial charge in [-0.25, -0.2) is 4.98 Å². The molecule has 3 rings (SSSR count). The van der Waals surface area contributed by atoms with Crippen molar-refractivity contribution in [3.8, 4) is 0 Å². The highest BCUT2D eigenvalue weighted by Crippen LogP contribution is 2.47. The van der Waals surface area contributed by atoms with E-state index in [0.717, 1.165) is 13.1 Å². The fraction of sp³-hybridized carbons (Fsp3) is 0.812. The molecule has 0 radical (unpaired) electrons. The quantitative estimate of drug-likeness (QED) is 0.885. The van der Waals surface area contributed by atoms with Gasteiger partial charge in [-0.05, 0) is 44.2 Å². The first kappa shape index (κ1) is 13.2. The van der Waals surface area contributed by atoms with Crippen LogP contribution in [0.1, 0.15) is 64.6 Å². The van der Waals surface area contributed by atoms with Crippen molar-refractivity contribution >= 4 is 0 Å². The van der Waals surface area contributed by atoms with Crippen molar-refractivity contribution in [1.29, 1.82) is 0 Å². The van der Waals surface area contributed by atoms with E-state index in [4.69, 9.17) is 0 Å². The molecule has 1 aliphatic carbocycles. The molecule has 1 atom stereocenters. The van der Waals surface area contributed by atoms with Crippen LogP contribution >= 0.6 is 0 Å². The van der Waals surface area contributed by atoms with Gasteiger partial charge in [0.25, 0.3) is 0 Å². The highest BCUT2D eigenvalue weighted by atomic mass is 15.1. The monoisotopic (exact) mass is 261 g/mol. The molecule has 1 saturated heterocycles. The predicted octanol–water partition coefficient (Wildman–Crippen LogP) is 3.28. The van der Waals surface area contributed by atoms with Gasteiger partial charge in [0.1, 0.15) is 0 Å². The lowest BCUT2D eigenvalue weighted by Gasteiger charge is -2.38. The van der Waals surface area contributed by atoms with Crippen LogP contribution in [0.4, 0.5) is 0 Å². The Balaban J connectivity index is 1.94. The zero-order chi connectivity index (χ0) is 13.5. The lowest BCUT2D eigenvalue weighted by molar-refractivity contribution is 0.235. The SMILES string of the molecule is CC1(c2cncn2C2CCCC2(C)C)CCNCC1. The summed E-state index contributed by atoms with van der Waals surface area (Å²) >= 11 is 0. The average Bonchev–Trinajstić information content (AvgIpc) is 2.95. The number of hydrogen-bond donors (Lipinski definition) is 1. The molecule has 1 unspecified atom stereocenters. The fourth-order valence-electron chi connectivity index (χ4n) is 4.08. The van der Waals surface area contributed by atoms with Crippen molar-refractivity contribution in [1.82, 2.24) is 14.9 Å². The Morgan fingerprint density at radius 3 is 2.58 bits per heavy atom. The van der Waals surface area contributed by atoms with Gasteiger partial charge in [-0.15, -0.1) is 0 Å². The maximum absolute atomic E-state index is 4.50. The maximum atomic E-state index is 4.50. The molecule has 3 heteroatoms. The number of aromatic nitrogens is 2. The second kappa shape index (κ2) is 4.62. The first-order valence-corrected chi connectivity index (χ1v) is 7.76. The van der Waals surface area contributed by atoms with E-state index in [1.165, 1.54) is 37.8 Å². The van der Waals surface area contributed by atoms with E-state index >= 15 is 0 Å². The van der Waals surface area contributed by atoms with Crippen molar-refractivity contribution in [3.63, 3.8) is 0 Å². The van der Waals surface area contributed by atoms with E-state index < -0.39 is 0 Å². The molecule has 0 spiro atoms. The molecule has 0 bridgehead atoms. The Bertz CT molecular complexity index is 441. The Labute approximate surface area is 116 Å². The number of nitrogens with one attached hydrogen (secondary N) is 1. The van der Waals surface area contributed by atoms with Gasteiger partial charge in [-0.1, -0.05) is 27.2 Å². The summed E-state index contributed by atoms with van der Waals surface area (Å²) in [5.74, 6) is 0. The zero-order valence-electron chi connectivity index (χ0n) is 12.6. The van der Waals surface area contributed by atoms with Gasteiger partial charge < -0.3 is 9.88 Å². The fourth-order valence-corrected chi connectivity index (χ4v) is 4.08. The number of imidazole rings is 1. The molecule has 1 N–H and O–H groups in total. The van der Waals surface area contributed by atoms with E-state index in [9.17, 15) is 0 Å². The van der Waals surface area contributed by atoms with Gasteiger partial charge >= 0.3 is 0 Å². The molecular weight excluding hydrogens is 234 g/mol. The van der Waals surface area contributed by atoms with Gasteiger partial charge in [0.15, 0.2) is 0 Å². The summed E-state index contributed by atoms with van der Waals surface area (Å²) in [6.45, 7) is 9.52. The van der Waals surface area contributed by atoms with E-state index in [0.29, 0.717) is 16.9 Å². The van der Waals surface area contributed by atoms with E-state index in [1.54, 1.807) is 0 Å². The molecule has 1 aliphatic heterocycles. The summed E-state index contributed by atoms with van der Waals surface area (Å²) in [7, 11) is 0. The molecule has 3 nitrogen and oxygen atoms in total. The van der Waals surface area contributed by atoms with E-state index in [-0.39, 0.29) is 0 Å². The summed E-state index contributed by atoms with van der Waals surface area (Å²) in [6, 6.07) is 0.636. The molecule has 0 amide bonds. The summed E-state index contributed by atoms with van der Waals surface area (Å²) in [6.07, 6.45) is 10.7. The second-order valence-corrected chi connectivity index (χ2v) is 7.39. The van der Waals surface area contributed by atoms with Crippen molar-refractivity contribution in [2.45, 2.75) is 64.3 Å². The smallest absolute Gasteiger partial charge is 0.0951 e. The predicted molar refractivity (Wildman–Crippen MR) is 78.4 cm³/mol. The van der Waals surface area contributed by atoms with Crippen LogP contribution in [0, 0.1) is 5.41 Å². The van der Waals surface area contributed by atoms with Gasteiger partial charge in [-0.3, -0.25) is 0 Å². The van der Waals surface area contributed by atoms with Crippen LogP contribution in [-0.2, 0) is 5.41 Å². The molecule has 1 saturated carbocycles.